The van der Waals surface area contributed by atoms with Gasteiger partial charge in [0, 0.05) is 18.0 Å². The van der Waals surface area contributed by atoms with E-state index in [0.29, 0.717) is 24.9 Å². The second kappa shape index (κ2) is 12.2. The molecular formula is C29H31N3O4S. The van der Waals surface area contributed by atoms with E-state index in [4.69, 9.17) is 0 Å². The minimum atomic E-state index is -1.84. The van der Waals surface area contributed by atoms with Crippen LogP contribution in [0.4, 0.5) is 0 Å². The van der Waals surface area contributed by atoms with Crippen LogP contribution in [0.2, 0.25) is 0 Å². The Morgan fingerprint density at radius 3 is 2.76 bits per heavy atom. The Morgan fingerprint density at radius 1 is 1.16 bits per heavy atom. The van der Waals surface area contributed by atoms with Crippen molar-refractivity contribution in [1.82, 2.24) is 10.2 Å². The Kier molecular flexibility index (Phi) is 8.72. The molecule has 7 nitrogen and oxygen atoms in total. The third-order valence-electron chi connectivity index (χ3n) is 6.69. The number of carbonyl (C=O) groups excluding carboxylic acids is 2. The Labute approximate surface area is 221 Å². The van der Waals surface area contributed by atoms with Crippen molar-refractivity contribution in [3.63, 3.8) is 0 Å². The molecule has 2 heterocycles. The summed E-state index contributed by atoms with van der Waals surface area (Å²) < 4.78 is 0. The summed E-state index contributed by atoms with van der Waals surface area (Å²) in [6, 6.07) is 19.5. The Hall–Kier alpha value is -3.51. The van der Waals surface area contributed by atoms with Gasteiger partial charge in [-0.2, -0.15) is 5.26 Å². The van der Waals surface area contributed by atoms with Crippen molar-refractivity contribution in [1.29, 1.82) is 5.26 Å². The standard InChI is InChI=1S/C29H31N3O4S/c1-19-6-4-9-22(14-19)25-10-5-13-32(25)29(36)27(34)26(33)28(35)31-12-11-24-16-20(18-37-24)15-21-7-2-3-8-23(21)17-30/h2-4,6-9,14,16,18,25-27,33-34H,5,10-13,15H2,1H3,(H,31,35)/t25-,26-,27-/m1/s1. The lowest BCUT2D eigenvalue weighted by Gasteiger charge is -2.28. The summed E-state index contributed by atoms with van der Waals surface area (Å²) in [6.07, 6.45) is -0.889. The summed E-state index contributed by atoms with van der Waals surface area (Å²) in [5, 5.41) is 34.9. The van der Waals surface area contributed by atoms with E-state index in [2.05, 4.69) is 11.4 Å². The molecule has 1 aliphatic rings. The van der Waals surface area contributed by atoms with E-state index >= 15 is 0 Å². The van der Waals surface area contributed by atoms with Gasteiger partial charge in [0.05, 0.1) is 17.7 Å². The first-order valence-electron chi connectivity index (χ1n) is 12.4. The highest BCUT2D eigenvalue weighted by molar-refractivity contribution is 7.10. The number of carbonyl (C=O) groups is 2. The van der Waals surface area contributed by atoms with Crippen molar-refractivity contribution in [3.8, 4) is 6.07 Å². The summed E-state index contributed by atoms with van der Waals surface area (Å²) in [6.45, 7) is 2.72. The predicted octanol–water partition coefficient (Wildman–Crippen LogP) is 3.26. The average Bonchev–Trinajstić information content (AvgIpc) is 3.57. The van der Waals surface area contributed by atoms with E-state index in [9.17, 15) is 25.1 Å². The van der Waals surface area contributed by atoms with Crippen LogP contribution in [-0.2, 0) is 22.4 Å². The fraction of sp³-hybridized carbons (Fsp3) is 0.345. The zero-order chi connectivity index (χ0) is 26.4. The first kappa shape index (κ1) is 26.6. The van der Waals surface area contributed by atoms with E-state index in [1.165, 1.54) is 0 Å². The molecule has 3 aromatic rings. The second-order valence-corrected chi connectivity index (χ2v) is 10.4. The molecule has 0 unspecified atom stereocenters. The van der Waals surface area contributed by atoms with Crippen molar-refractivity contribution in [2.75, 3.05) is 13.1 Å². The number of hydrogen-bond acceptors (Lipinski definition) is 6. The van der Waals surface area contributed by atoms with Crippen LogP contribution in [0.15, 0.2) is 60.0 Å². The summed E-state index contributed by atoms with van der Waals surface area (Å²) >= 11 is 1.56. The predicted molar refractivity (Wildman–Crippen MR) is 142 cm³/mol. The minimum absolute atomic E-state index is 0.175. The molecule has 37 heavy (non-hydrogen) atoms. The van der Waals surface area contributed by atoms with Crippen molar-refractivity contribution < 1.29 is 19.8 Å². The average molecular weight is 518 g/mol. The normalized spacial score (nSPS) is 16.7. The van der Waals surface area contributed by atoms with Gasteiger partial charge in [0.15, 0.2) is 12.2 Å². The molecule has 4 rings (SSSR count). The third-order valence-corrected chi connectivity index (χ3v) is 7.74. The largest absolute Gasteiger partial charge is 0.380 e. The molecule has 0 aliphatic carbocycles. The zero-order valence-corrected chi connectivity index (χ0v) is 21.6. The van der Waals surface area contributed by atoms with Crippen LogP contribution in [0.3, 0.4) is 0 Å². The van der Waals surface area contributed by atoms with Gasteiger partial charge >= 0.3 is 0 Å². The number of nitriles is 1. The van der Waals surface area contributed by atoms with E-state index in [1.54, 1.807) is 22.3 Å². The van der Waals surface area contributed by atoms with Crippen molar-refractivity contribution in [2.45, 2.75) is 50.9 Å². The van der Waals surface area contributed by atoms with Gasteiger partial charge in [-0.3, -0.25) is 9.59 Å². The van der Waals surface area contributed by atoms with E-state index in [0.717, 1.165) is 40.0 Å². The second-order valence-electron chi connectivity index (χ2n) is 9.40. The third kappa shape index (κ3) is 6.44. The molecule has 0 radical (unpaired) electrons. The van der Waals surface area contributed by atoms with Crippen LogP contribution < -0.4 is 5.32 Å². The van der Waals surface area contributed by atoms with E-state index in [-0.39, 0.29) is 12.6 Å². The number of hydrogen-bond donors (Lipinski definition) is 3. The molecular weight excluding hydrogens is 486 g/mol. The Morgan fingerprint density at radius 2 is 1.97 bits per heavy atom. The van der Waals surface area contributed by atoms with Gasteiger partial charge in [0.25, 0.3) is 11.8 Å². The number of aryl methyl sites for hydroxylation is 1. The minimum Gasteiger partial charge on any atom is -0.380 e. The number of nitrogens with one attached hydrogen (secondary N) is 1. The van der Waals surface area contributed by atoms with Gasteiger partial charge in [-0.25, -0.2) is 0 Å². The molecule has 3 N–H and O–H groups in total. The highest BCUT2D eigenvalue weighted by Gasteiger charge is 2.38. The highest BCUT2D eigenvalue weighted by atomic mass is 32.1. The first-order valence-corrected chi connectivity index (χ1v) is 13.3. The summed E-state index contributed by atoms with van der Waals surface area (Å²) in [5.41, 5.74) is 4.78. The lowest BCUT2D eigenvalue weighted by Crippen LogP contribution is -2.50. The number of benzene rings is 2. The molecule has 8 heteroatoms. The van der Waals surface area contributed by atoms with Gasteiger partial charge in [-0.15, -0.1) is 11.3 Å². The number of thiophene rings is 1. The monoisotopic (exact) mass is 517 g/mol. The quantitative estimate of drug-likeness (QED) is 0.403. The van der Waals surface area contributed by atoms with E-state index in [1.807, 2.05) is 60.8 Å². The molecule has 1 saturated heterocycles. The molecule has 1 aromatic heterocycles. The number of nitrogens with zero attached hydrogens (tertiary/aromatic N) is 2. The van der Waals surface area contributed by atoms with Crippen LogP contribution in [0.25, 0.3) is 0 Å². The number of aliphatic hydroxyl groups excluding tert-OH is 2. The van der Waals surface area contributed by atoms with Crippen molar-refractivity contribution >= 4 is 23.2 Å². The maximum absolute atomic E-state index is 13.0. The van der Waals surface area contributed by atoms with Crippen LogP contribution in [0.1, 0.15) is 51.6 Å². The lowest BCUT2D eigenvalue weighted by atomic mass is 10.0. The van der Waals surface area contributed by atoms with Gasteiger partial charge in [-0.1, -0.05) is 48.0 Å². The maximum atomic E-state index is 13.0. The highest BCUT2D eigenvalue weighted by Crippen LogP contribution is 2.33. The molecule has 2 aromatic carbocycles. The molecule has 0 spiro atoms. The van der Waals surface area contributed by atoms with Crippen LogP contribution in [-0.4, -0.2) is 52.2 Å². The fourth-order valence-corrected chi connectivity index (χ4v) is 5.66. The van der Waals surface area contributed by atoms with Gasteiger partial charge in [0.2, 0.25) is 0 Å². The van der Waals surface area contributed by atoms with E-state index < -0.39 is 24.0 Å². The van der Waals surface area contributed by atoms with Crippen molar-refractivity contribution in [2.24, 2.45) is 0 Å². The molecule has 2 amide bonds. The maximum Gasteiger partial charge on any atom is 0.255 e. The molecule has 1 aliphatic heterocycles. The van der Waals surface area contributed by atoms with Crippen LogP contribution in [0.5, 0.6) is 0 Å². The smallest absolute Gasteiger partial charge is 0.255 e. The lowest BCUT2D eigenvalue weighted by molar-refractivity contribution is -0.153. The van der Waals surface area contributed by atoms with Crippen molar-refractivity contribution in [3.05, 3.63) is 92.7 Å². The van der Waals surface area contributed by atoms with Gasteiger partial charge in [-0.05, 0) is 66.8 Å². The molecule has 192 valence electrons. The Balaban J connectivity index is 1.28. The SMILES string of the molecule is Cc1cccc([C@H]2CCCN2C(=O)[C@H](O)[C@@H](O)C(=O)NCCc2cc(Cc3ccccc3C#N)cs2)c1. The van der Waals surface area contributed by atoms with Crippen LogP contribution in [0, 0.1) is 18.3 Å². The zero-order valence-electron chi connectivity index (χ0n) is 20.8. The topological polar surface area (TPSA) is 114 Å². The number of likely N-dealkylation sites (tertiary alicyclic amines) is 1. The fourth-order valence-electron chi connectivity index (χ4n) is 4.77. The molecule has 3 atom stereocenters. The number of amides is 2. The summed E-state index contributed by atoms with van der Waals surface area (Å²) in [7, 11) is 0. The first-order chi connectivity index (χ1) is 17.9. The van der Waals surface area contributed by atoms with Gasteiger partial charge < -0.3 is 20.4 Å². The van der Waals surface area contributed by atoms with Gasteiger partial charge in [0.1, 0.15) is 0 Å². The number of rotatable bonds is 9. The molecule has 0 saturated carbocycles. The molecule has 0 bridgehead atoms. The number of aliphatic hydroxyl groups is 2. The Bertz CT molecular complexity index is 1300. The summed E-state index contributed by atoms with van der Waals surface area (Å²) in [4.78, 5) is 28.1. The molecule has 1 fully saturated rings. The summed E-state index contributed by atoms with van der Waals surface area (Å²) in [5.74, 6) is -1.40. The van der Waals surface area contributed by atoms with Crippen LogP contribution >= 0.6 is 11.3 Å².